The molecule has 4 aromatic rings. The molecule has 3 aromatic heterocycles. The van der Waals surface area contributed by atoms with Crippen LogP contribution in [0.1, 0.15) is 31.5 Å². The molecule has 1 aliphatic carbocycles. The first-order chi connectivity index (χ1) is 18.4. The Bertz CT molecular complexity index is 1510. The smallest absolute Gasteiger partial charge is 0.225 e. The Morgan fingerprint density at radius 3 is 2.46 bits per heavy atom. The molecule has 13 heteroatoms. The van der Waals surface area contributed by atoms with E-state index in [-0.39, 0.29) is 36.1 Å². The number of nitrogens with zero attached hydrogens (tertiary/aromatic N) is 4. The molecule has 1 fully saturated rings. The third-order valence-corrected chi connectivity index (χ3v) is 8.07. The number of aliphatic hydroxyl groups is 3. The lowest BCUT2D eigenvalue weighted by molar-refractivity contribution is -0.0601. The van der Waals surface area contributed by atoms with Gasteiger partial charge >= 0.3 is 0 Å². The van der Waals surface area contributed by atoms with Crippen LogP contribution in [0.2, 0.25) is 0 Å². The number of aromatic nitrogens is 4. The second-order valence-electron chi connectivity index (χ2n) is 10.2. The number of nitrogen functional groups attached to an aromatic ring is 1. The third kappa shape index (κ3) is 5.22. The molecule has 39 heavy (non-hydrogen) atoms. The van der Waals surface area contributed by atoms with Crippen LogP contribution in [0.5, 0.6) is 0 Å². The van der Waals surface area contributed by atoms with E-state index in [0.29, 0.717) is 21.8 Å². The molecule has 1 saturated carbocycles. The summed E-state index contributed by atoms with van der Waals surface area (Å²) in [5.41, 5.74) is 6.20. The number of hydrogen-bond donors (Lipinski definition) is 6. The van der Waals surface area contributed by atoms with Crippen LogP contribution in [0, 0.1) is 24.5 Å². The quantitative estimate of drug-likeness (QED) is 0.199. The largest absolute Gasteiger partial charge is 0.390 e. The van der Waals surface area contributed by atoms with Crippen LogP contribution < -0.4 is 16.4 Å². The molecule has 3 heterocycles. The molecule has 1 aromatic carbocycles. The zero-order valence-corrected chi connectivity index (χ0v) is 22.3. The van der Waals surface area contributed by atoms with Gasteiger partial charge in [0.05, 0.1) is 33.7 Å². The molecule has 4 atom stereocenters. The van der Waals surface area contributed by atoms with Crippen LogP contribution in [0.15, 0.2) is 30.5 Å². The van der Waals surface area contributed by atoms with Gasteiger partial charge < -0.3 is 31.7 Å². The summed E-state index contributed by atoms with van der Waals surface area (Å²) in [4.78, 5) is 17.8. The zero-order valence-electron chi connectivity index (χ0n) is 21.5. The van der Waals surface area contributed by atoms with Crippen molar-refractivity contribution in [3.8, 4) is 10.6 Å². The Hall–Kier alpha value is -3.52. The number of aliphatic hydroxyl groups excluding tert-OH is 2. The third-order valence-electron chi connectivity index (χ3n) is 7.04. The van der Waals surface area contributed by atoms with Gasteiger partial charge in [-0.05, 0) is 45.4 Å². The monoisotopic (exact) mass is 557 g/mol. The highest BCUT2D eigenvalue weighted by Crippen LogP contribution is 2.40. The van der Waals surface area contributed by atoms with Gasteiger partial charge in [0.15, 0.2) is 5.82 Å². The lowest BCUT2D eigenvalue weighted by Gasteiger charge is -2.28. The van der Waals surface area contributed by atoms with Crippen LogP contribution in [0.4, 0.5) is 26.4 Å². The molecular formula is C26H29F2N7O3S. The van der Waals surface area contributed by atoms with Gasteiger partial charge in [-0.25, -0.2) is 23.7 Å². The predicted octanol–water partition coefficient (Wildman–Crippen LogP) is 3.22. The van der Waals surface area contributed by atoms with Gasteiger partial charge in [-0.15, -0.1) is 11.3 Å². The van der Waals surface area contributed by atoms with Gasteiger partial charge in [0.1, 0.15) is 34.1 Å². The molecule has 0 saturated heterocycles. The summed E-state index contributed by atoms with van der Waals surface area (Å²) in [7, 11) is 0. The van der Waals surface area contributed by atoms with Crippen LogP contribution in [-0.2, 0) is 6.54 Å². The molecule has 0 aliphatic heterocycles. The summed E-state index contributed by atoms with van der Waals surface area (Å²) in [6.45, 7) is 4.70. The van der Waals surface area contributed by atoms with Gasteiger partial charge in [-0.3, -0.25) is 0 Å². The number of hydrogen-bond acceptors (Lipinski definition) is 11. The van der Waals surface area contributed by atoms with Crippen molar-refractivity contribution in [2.45, 2.75) is 57.6 Å². The van der Waals surface area contributed by atoms with E-state index >= 15 is 0 Å². The van der Waals surface area contributed by atoms with Crippen molar-refractivity contribution in [2.75, 3.05) is 16.4 Å². The predicted molar refractivity (Wildman–Crippen MR) is 145 cm³/mol. The van der Waals surface area contributed by atoms with E-state index in [0.717, 1.165) is 4.70 Å². The molecule has 0 radical (unpaired) electrons. The molecular weight excluding hydrogens is 528 g/mol. The number of benzene rings is 1. The van der Waals surface area contributed by atoms with Crippen LogP contribution in [0.3, 0.4) is 0 Å². The van der Waals surface area contributed by atoms with Gasteiger partial charge in [0, 0.05) is 24.2 Å². The van der Waals surface area contributed by atoms with Crippen molar-refractivity contribution in [3.05, 3.63) is 53.4 Å². The average molecular weight is 558 g/mol. The maximum Gasteiger partial charge on any atom is 0.225 e. The van der Waals surface area contributed by atoms with Gasteiger partial charge in [-0.1, -0.05) is 6.07 Å². The molecule has 0 spiro atoms. The first kappa shape index (κ1) is 27.1. The summed E-state index contributed by atoms with van der Waals surface area (Å²) in [6, 6.07) is 4.75. The topological polar surface area (TPSA) is 162 Å². The first-order valence-corrected chi connectivity index (χ1v) is 13.2. The average Bonchev–Trinajstić information content (AvgIpc) is 3.41. The molecule has 10 nitrogen and oxygen atoms in total. The number of anilines is 3. The van der Waals surface area contributed by atoms with Crippen molar-refractivity contribution < 1.29 is 24.1 Å². The van der Waals surface area contributed by atoms with Crippen molar-refractivity contribution in [2.24, 2.45) is 5.92 Å². The van der Waals surface area contributed by atoms with Gasteiger partial charge in [-0.2, -0.15) is 4.98 Å². The molecule has 1 aliphatic rings. The maximum absolute atomic E-state index is 14.2. The van der Waals surface area contributed by atoms with Crippen LogP contribution in [-0.4, -0.2) is 59.1 Å². The fraction of sp³-hybridized carbons (Fsp3) is 0.385. The summed E-state index contributed by atoms with van der Waals surface area (Å²) < 4.78 is 29.2. The number of halogens is 2. The van der Waals surface area contributed by atoms with Gasteiger partial charge in [0.2, 0.25) is 5.95 Å². The number of thiazole rings is 1. The number of nitrogens with one attached hydrogen (secondary N) is 2. The number of pyridine rings is 1. The fourth-order valence-corrected chi connectivity index (χ4v) is 5.98. The Kier molecular flexibility index (Phi) is 7.10. The minimum atomic E-state index is -1.23. The van der Waals surface area contributed by atoms with Crippen LogP contribution in [0.25, 0.3) is 20.8 Å². The van der Waals surface area contributed by atoms with E-state index < -0.39 is 41.4 Å². The lowest BCUT2D eigenvalue weighted by Crippen LogP contribution is -2.40. The number of aryl methyl sites for hydroxylation is 1. The van der Waals surface area contributed by atoms with Crippen molar-refractivity contribution in [1.29, 1.82) is 0 Å². The molecule has 0 bridgehead atoms. The molecule has 0 amide bonds. The second-order valence-corrected chi connectivity index (χ2v) is 11.2. The zero-order chi connectivity index (χ0) is 28.1. The Morgan fingerprint density at radius 1 is 1.10 bits per heavy atom. The Labute approximate surface area is 227 Å². The van der Waals surface area contributed by atoms with E-state index in [2.05, 4.69) is 30.6 Å². The van der Waals surface area contributed by atoms with E-state index in [4.69, 9.17) is 5.73 Å². The number of fused-ring (bicyclic) bond motifs is 1. The maximum atomic E-state index is 14.2. The molecule has 206 valence electrons. The number of nitrogens with two attached hydrogens (primary N) is 1. The van der Waals surface area contributed by atoms with E-state index in [9.17, 15) is 24.1 Å². The summed E-state index contributed by atoms with van der Waals surface area (Å²) in [5, 5.41) is 38.6. The molecule has 7 N–H and O–H groups in total. The minimum absolute atomic E-state index is 0.0933. The molecule has 5 rings (SSSR count). The van der Waals surface area contributed by atoms with E-state index in [1.165, 1.54) is 29.5 Å². The minimum Gasteiger partial charge on any atom is -0.390 e. The highest BCUT2D eigenvalue weighted by molar-refractivity contribution is 7.21. The first-order valence-electron chi connectivity index (χ1n) is 12.4. The Balaban J connectivity index is 1.54. The van der Waals surface area contributed by atoms with E-state index in [1.807, 2.05) is 0 Å². The Morgan fingerprint density at radius 2 is 1.82 bits per heavy atom. The standard InChI is InChI=1S/C26H29F2N7O3S/c1-11-18(24-34-19-17(39-24)7-8-30-22(19)29)23(33-16-9-13(26(2,3)38)20(36)21(16)37)35-25(32-11)31-10-12-14(27)5-4-6-15(12)28/h4-8,13,16,20-21,36-38H,9-10H2,1-3H3,(H2,29,30)(H2,31,32,33,35). The van der Waals surface area contributed by atoms with Crippen molar-refractivity contribution in [3.63, 3.8) is 0 Å². The summed E-state index contributed by atoms with van der Waals surface area (Å²) in [6.07, 6.45) is -0.509. The second kappa shape index (κ2) is 10.2. The highest BCUT2D eigenvalue weighted by Gasteiger charge is 2.48. The fourth-order valence-electron chi connectivity index (χ4n) is 4.92. The van der Waals surface area contributed by atoms with Crippen molar-refractivity contribution >= 4 is 39.1 Å². The normalized spacial score (nSPS) is 21.4. The highest BCUT2D eigenvalue weighted by atomic mass is 32.1. The van der Waals surface area contributed by atoms with Crippen molar-refractivity contribution in [1.82, 2.24) is 19.9 Å². The molecule has 4 unspecified atom stereocenters. The summed E-state index contributed by atoms with van der Waals surface area (Å²) in [5.74, 6) is -1.33. The van der Waals surface area contributed by atoms with Gasteiger partial charge in [0.25, 0.3) is 0 Å². The van der Waals surface area contributed by atoms with Crippen LogP contribution >= 0.6 is 11.3 Å². The number of rotatable bonds is 7. The lowest BCUT2D eigenvalue weighted by atomic mass is 9.88. The summed E-state index contributed by atoms with van der Waals surface area (Å²) >= 11 is 1.35. The van der Waals surface area contributed by atoms with E-state index in [1.54, 1.807) is 33.0 Å². The SMILES string of the molecule is Cc1nc(NCc2c(F)cccc2F)nc(NC2CC(C(C)(C)O)C(O)C2O)c1-c1nc2c(N)nccc2s1.